The van der Waals surface area contributed by atoms with Gasteiger partial charge in [0.2, 0.25) is 0 Å². The minimum absolute atomic E-state index is 0. The average molecular weight is 221 g/mol. The van der Waals surface area contributed by atoms with E-state index in [0.29, 0.717) is 5.75 Å². The topological polar surface area (TPSA) is 55.3 Å². The smallest absolute Gasteiger partial charge is 0.810 e. The van der Waals surface area contributed by atoms with E-state index in [1.165, 1.54) is 0 Å². The van der Waals surface area contributed by atoms with Crippen LogP contribution >= 0.6 is 8.60 Å². The zero-order chi connectivity index (χ0) is 7.40. The third-order valence-electron chi connectivity index (χ3n) is 0.923. The largest absolute Gasteiger partial charge is 2.00 e. The summed E-state index contributed by atoms with van der Waals surface area (Å²) in [6.45, 7) is 0. The van der Waals surface area contributed by atoms with Crippen molar-refractivity contribution >= 4 is 8.60 Å². The molecule has 54 valence electrons. The molecule has 0 aliphatic rings. The van der Waals surface area contributed by atoms with E-state index in [2.05, 4.69) is 4.52 Å². The summed E-state index contributed by atoms with van der Waals surface area (Å²) in [6, 6.07) is 8.34. The fourth-order valence-corrected chi connectivity index (χ4v) is 0.861. The molecular formula is C6H5O3PZn. The Hall–Kier alpha value is -0.00662. The van der Waals surface area contributed by atoms with Crippen LogP contribution in [0.25, 0.3) is 0 Å². The molecule has 1 aromatic carbocycles. The van der Waals surface area contributed by atoms with Gasteiger partial charge in [0.25, 0.3) is 0 Å². The van der Waals surface area contributed by atoms with Gasteiger partial charge in [-0.3, -0.25) is 0 Å². The van der Waals surface area contributed by atoms with Crippen molar-refractivity contribution in [3.63, 3.8) is 0 Å². The predicted octanol–water partition coefficient (Wildman–Crippen LogP) is 0.0104. The molecule has 0 radical (unpaired) electrons. The van der Waals surface area contributed by atoms with Gasteiger partial charge in [-0.05, 0) is 12.1 Å². The summed E-state index contributed by atoms with van der Waals surface area (Å²) in [4.78, 5) is 20.0. The van der Waals surface area contributed by atoms with Crippen molar-refractivity contribution in [2.45, 2.75) is 0 Å². The minimum Gasteiger partial charge on any atom is -0.810 e. The zero-order valence-corrected chi connectivity index (χ0v) is 9.63. The van der Waals surface area contributed by atoms with Crippen molar-refractivity contribution in [1.29, 1.82) is 0 Å². The van der Waals surface area contributed by atoms with E-state index in [1.54, 1.807) is 30.3 Å². The first-order valence-corrected chi connectivity index (χ1v) is 3.76. The second kappa shape index (κ2) is 5.62. The standard InChI is InChI=1S/C6H5O3P.Zn/c7-10(8)9-6-4-2-1-3-5-6;/h1-5H;/q-2;+2. The van der Waals surface area contributed by atoms with Crippen molar-refractivity contribution in [2.75, 3.05) is 0 Å². The van der Waals surface area contributed by atoms with Crippen LogP contribution in [0, 0.1) is 0 Å². The fraction of sp³-hybridized carbons (Fsp3) is 0. The van der Waals surface area contributed by atoms with E-state index in [9.17, 15) is 9.79 Å². The summed E-state index contributed by atoms with van der Waals surface area (Å²) < 4.78 is 4.37. The number of para-hydroxylation sites is 1. The van der Waals surface area contributed by atoms with Crippen molar-refractivity contribution < 1.29 is 33.8 Å². The molecule has 0 N–H and O–H groups in total. The summed E-state index contributed by atoms with van der Waals surface area (Å²) in [5.74, 6) is 0.346. The van der Waals surface area contributed by atoms with Gasteiger partial charge < -0.3 is 14.3 Å². The van der Waals surface area contributed by atoms with E-state index >= 15 is 0 Å². The maximum atomic E-state index is 9.98. The molecule has 0 spiro atoms. The van der Waals surface area contributed by atoms with Crippen LogP contribution in [-0.2, 0) is 19.5 Å². The van der Waals surface area contributed by atoms with Crippen LogP contribution in [0.1, 0.15) is 0 Å². The molecule has 0 atom stereocenters. The van der Waals surface area contributed by atoms with Gasteiger partial charge in [0, 0.05) is 0 Å². The van der Waals surface area contributed by atoms with E-state index in [1.807, 2.05) is 0 Å². The van der Waals surface area contributed by atoms with Crippen LogP contribution in [0.5, 0.6) is 5.75 Å². The Morgan fingerprint density at radius 2 is 1.64 bits per heavy atom. The minimum atomic E-state index is -2.78. The molecule has 1 rings (SSSR count). The van der Waals surface area contributed by atoms with Crippen molar-refractivity contribution in [2.24, 2.45) is 0 Å². The maximum absolute atomic E-state index is 9.98. The molecule has 0 saturated heterocycles. The molecule has 1 aromatic rings. The van der Waals surface area contributed by atoms with E-state index < -0.39 is 8.60 Å². The average Bonchev–Trinajstić information content (AvgIpc) is 1.88. The molecule has 0 amide bonds. The van der Waals surface area contributed by atoms with E-state index in [4.69, 9.17) is 0 Å². The van der Waals surface area contributed by atoms with E-state index in [-0.39, 0.29) is 19.5 Å². The van der Waals surface area contributed by atoms with Crippen LogP contribution in [0.2, 0.25) is 0 Å². The van der Waals surface area contributed by atoms with Gasteiger partial charge in [-0.2, -0.15) is 0 Å². The Balaban J connectivity index is 0.000001000. The molecule has 0 saturated carbocycles. The first-order valence-electron chi connectivity index (χ1n) is 2.66. The Morgan fingerprint density at radius 1 is 1.09 bits per heavy atom. The van der Waals surface area contributed by atoms with Gasteiger partial charge in [0.15, 0.2) is 0 Å². The van der Waals surface area contributed by atoms with Gasteiger partial charge in [-0.25, -0.2) is 0 Å². The van der Waals surface area contributed by atoms with Crippen LogP contribution in [0.3, 0.4) is 0 Å². The number of rotatable bonds is 2. The molecule has 0 bridgehead atoms. The first kappa shape index (κ1) is 11.0. The Morgan fingerprint density at radius 3 is 2.09 bits per heavy atom. The van der Waals surface area contributed by atoms with Crippen molar-refractivity contribution in [3.05, 3.63) is 30.3 Å². The molecule has 3 nitrogen and oxygen atoms in total. The number of hydrogen-bond donors (Lipinski definition) is 0. The zero-order valence-electron chi connectivity index (χ0n) is 5.77. The van der Waals surface area contributed by atoms with Crippen LogP contribution in [0.4, 0.5) is 0 Å². The summed E-state index contributed by atoms with van der Waals surface area (Å²) >= 11 is 0. The third-order valence-corrected chi connectivity index (χ3v) is 1.28. The summed E-state index contributed by atoms with van der Waals surface area (Å²) in [6.07, 6.45) is 0. The fourth-order valence-electron chi connectivity index (χ4n) is 0.567. The molecule has 0 fully saturated rings. The normalized spacial score (nSPS) is 9.00. The maximum Gasteiger partial charge on any atom is 2.00 e. The van der Waals surface area contributed by atoms with Gasteiger partial charge in [0.1, 0.15) is 5.75 Å². The Kier molecular flexibility index (Phi) is 5.62. The molecule has 0 heterocycles. The van der Waals surface area contributed by atoms with Crippen LogP contribution in [-0.4, -0.2) is 0 Å². The molecular weight excluding hydrogens is 216 g/mol. The predicted molar refractivity (Wildman–Crippen MR) is 34.0 cm³/mol. The third kappa shape index (κ3) is 4.44. The Bertz CT molecular complexity index is 192. The Labute approximate surface area is 78.8 Å². The quantitative estimate of drug-likeness (QED) is 0.522. The second-order valence-electron chi connectivity index (χ2n) is 1.63. The van der Waals surface area contributed by atoms with E-state index in [0.717, 1.165) is 0 Å². The number of hydrogen-bond acceptors (Lipinski definition) is 3. The van der Waals surface area contributed by atoms with Crippen molar-refractivity contribution in [1.82, 2.24) is 0 Å². The molecule has 0 aromatic heterocycles. The monoisotopic (exact) mass is 220 g/mol. The SMILES string of the molecule is [O-]P([O-])Oc1ccccc1.[Zn+2]. The van der Waals surface area contributed by atoms with Gasteiger partial charge >= 0.3 is 19.5 Å². The molecule has 11 heavy (non-hydrogen) atoms. The summed E-state index contributed by atoms with van der Waals surface area (Å²) in [5, 5.41) is 0. The second-order valence-corrected chi connectivity index (χ2v) is 2.26. The first-order chi connectivity index (χ1) is 4.79. The van der Waals surface area contributed by atoms with Crippen molar-refractivity contribution in [3.8, 4) is 5.75 Å². The van der Waals surface area contributed by atoms with Crippen LogP contribution < -0.4 is 14.3 Å². The molecule has 0 aliphatic carbocycles. The van der Waals surface area contributed by atoms with Gasteiger partial charge in [-0.1, -0.05) is 26.8 Å². The summed E-state index contributed by atoms with van der Waals surface area (Å²) in [7, 11) is -2.78. The van der Waals surface area contributed by atoms with Gasteiger partial charge in [-0.15, -0.1) is 0 Å². The van der Waals surface area contributed by atoms with Gasteiger partial charge in [0.05, 0.1) is 0 Å². The summed E-state index contributed by atoms with van der Waals surface area (Å²) in [5.41, 5.74) is 0. The molecule has 0 unspecified atom stereocenters. The number of benzene rings is 1. The molecule has 0 aliphatic heterocycles. The van der Waals surface area contributed by atoms with Crippen LogP contribution in [0.15, 0.2) is 30.3 Å². The molecule has 5 heteroatoms.